The van der Waals surface area contributed by atoms with Crippen LogP contribution < -0.4 is 0 Å². The highest BCUT2D eigenvalue weighted by molar-refractivity contribution is 7.80. The van der Waals surface area contributed by atoms with E-state index in [2.05, 4.69) is 4.98 Å². The van der Waals surface area contributed by atoms with Gasteiger partial charge in [-0.2, -0.15) is 13.2 Å². The monoisotopic (exact) mass is 541 g/mol. The topological polar surface area (TPSA) is 12.9 Å². The van der Waals surface area contributed by atoms with Gasteiger partial charge in [0.1, 0.15) is 5.15 Å². The number of allylic oxidation sites excluding steroid dienone is 1. The summed E-state index contributed by atoms with van der Waals surface area (Å²) in [5.41, 5.74) is 3.57. The minimum Gasteiger partial charge on any atom is -0.244 e. The van der Waals surface area contributed by atoms with E-state index in [0.717, 1.165) is 46.9 Å². The van der Waals surface area contributed by atoms with Crippen molar-refractivity contribution in [3.05, 3.63) is 104 Å². The Morgan fingerprint density at radius 2 is 1.74 bits per heavy atom. The summed E-state index contributed by atoms with van der Waals surface area (Å²) in [5, 5.41) is 0.777. The Bertz CT molecular complexity index is 1170. The summed E-state index contributed by atoms with van der Waals surface area (Å²) < 4.78 is 41.2. The Labute approximate surface area is 217 Å². The molecule has 178 valence electrons. The van der Waals surface area contributed by atoms with Crippen molar-refractivity contribution in [1.29, 1.82) is 0 Å². The number of halogens is 6. The van der Waals surface area contributed by atoms with Crippen LogP contribution in [0.1, 0.15) is 46.6 Å². The third kappa shape index (κ3) is 7.54. The summed E-state index contributed by atoms with van der Waals surface area (Å²) in [6.45, 7) is 1.90. The highest BCUT2D eigenvalue weighted by Gasteiger charge is 2.39. The lowest BCUT2D eigenvalue weighted by Crippen LogP contribution is -2.18. The molecule has 0 spiro atoms. The fraction of sp³-hybridized carbons (Fsp3) is 0.231. The highest BCUT2D eigenvalue weighted by Crippen LogP contribution is 2.38. The largest absolute Gasteiger partial charge is 0.399 e. The first kappa shape index (κ1) is 26.7. The van der Waals surface area contributed by atoms with Gasteiger partial charge in [-0.05, 0) is 78.3 Å². The fourth-order valence-electron chi connectivity index (χ4n) is 3.62. The molecule has 0 bridgehead atoms. The van der Waals surface area contributed by atoms with Crippen molar-refractivity contribution in [1.82, 2.24) is 4.98 Å². The molecule has 0 saturated heterocycles. The van der Waals surface area contributed by atoms with Crippen LogP contribution in [0.3, 0.4) is 0 Å². The van der Waals surface area contributed by atoms with Gasteiger partial charge in [0.2, 0.25) is 0 Å². The molecule has 0 radical (unpaired) electrons. The molecule has 1 unspecified atom stereocenters. The molecule has 0 saturated carbocycles. The van der Waals surface area contributed by atoms with Crippen LogP contribution in [0, 0.1) is 6.92 Å². The van der Waals surface area contributed by atoms with Gasteiger partial charge in [-0.15, -0.1) is 0 Å². The number of pyridine rings is 1. The van der Waals surface area contributed by atoms with Crippen molar-refractivity contribution in [2.24, 2.45) is 0 Å². The average Bonchev–Trinajstić information content (AvgIpc) is 2.73. The predicted octanol–water partition coefficient (Wildman–Crippen LogP) is 9.45. The lowest BCUT2D eigenvalue weighted by Gasteiger charge is -2.18. The van der Waals surface area contributed by atoms with Crippen molar-refractivity contribution in [3.8, 4) is 0 Å². The number of thiocarbonyl (C=S) groups is 1. The van der Waals surface area contributed by atoms with E-state index in [1.54, 1.807) is 18.3 Å². The second kappa shape index (κ2) is 11.7. The van der Waals surface area contributed by atoms with E-state index in [1.165, 1.54) is 24.3 Å². The van der Waals surface area contributed by atoms with E-state index >= 15 is 0 Å². The Balaban J connectivity index is 1.70. The molecule has 1 atom stereocenters. The van der Waals surface area contributed by atoms with Crippen molar-refractivity contribution in [2.45, 2.75) is 38.3 Å². The third-order valence-corrected chi connectivity index (χ3v) is 6.37. The van der Waals surface area contributed by atoms with Crippen LogP contribution in [-0.4, -0.2) is 16.0 Å². The molecule has 1 nitrogen and oxygen atoms in total. The molecule has 0 amide bonds. The predicted molar refractivity (Wildman–Crippen MR) is 139 cm³/mol. The molecular formula is C26H21Cl3F3NS. The number of alkyl halides is 3. The van der Waals surface area contributed by atoms with Crippen molar-refractivity contribution in [3.63, 3.8) is 0 Å². The van der Waals surface area contributed by atoms with Gasteiger partial charge < -0.3 is 0 Å². The third-order valence-electron chi connectivity index (χ3n) is 5.29. The van der Waals surface area contributed by atoms with Gasteiger partial charge in [-0.3, -0.25) is 0 Å². The van der Waals surface area contributed by atoms with Crippen LogP contribution in [0.2, 0.25) is 15.2 Å². The van der Waals surface area contributed by atoms with Crippen LogP contribution in [0.4, 0.5) is 13.2 Å². The van der Waals surface area contributed by atoms with E-state index in [-0.39, 0.29) is 15.6 Å². The number of hydrogen-bond acceptors (Lipinski definition) is 2. The number of nitrogens with zero attached hydrogens (tertiary/aromatic N) is 1. The molecular weight excluding hydrogens is 522 g/mol. The average molecular weight is 543 g/mol. The lowest BCUT2D eigenvalue weighted by atomic mass is 9.95. The van der Waals surface area contributed by atoms with Crippen LogP contribution in [0.5, 0.6) is 0 Å². The van der Waals surface area contributed by atoms with Gasteiger partial charge >= 0.3 is 6.18 Å². The van der Waals surface area contributed by atoms with E-state index in [4.69, 9.17) is 47.0 Å². The SMILES string of the molecule is Cc1cc(/C=C/C(c2cc(Cl)cc(Cl)c2)C(F)(F)F)ccc1C(=S)CCCc1ccc(Cl)nc1. The molecule has 8 heteroatoms. The molecule has 3 rings (SSSR count). The number of benzene rings is 2. The number of hydrogen-bond donors (Lipinski definition) is 0. The standard InChI is InChI=1S/C26H21Cl3F3NS/c1-16-11-17(6-9-23(26(30,31)32)19-12-20(27)14-21(28)13-19)5-8-22(16)24(34)4-2-3-18-7-10-25(29)33-15-18/h5-15,23H,2-4H2,1H3/b9-6+. The zero-order valence-electron chi connectivity index (χ0n) is 18.2. The van der Waals surface area contributed by atoms with Crippen molar-refractivity contribution in [2.75, 3.05) is 0 Å². The summed E-state index contributed by atoms with van der Waals surface area (Å²) in [6.07, 6.45) is 2.26. The van der Waals surface area contributed by atoms with Crippen molar-refractivity contribution < 1.29 is 13.2 Å². The maximum absolute atomic E-state index is 13.7. The number of aryl methyl sites for hydroxylation is 2. The van der Waals surface area contributed by atoms with Crippen LogP contribution in [-0.2, 0) is 6.42 Å². The van der Waals surface area contributed by atoms with Gasteiger partial charge in [-0.1, -0.05) is 83.4 Å². The Morgan fingerprint density at radius 3 is 2.32 bits per heavy atom. The van der Waals surface area contributed by atoms with E-state index in [9.17, 15) is 13.2 Å². The van der Waals surface area contributed by atoms with Gasteiger partial charge in [0.25, 0.3) is 0 Å². The molecule has 0 fully saturated rings. The first-order valence-electron chi connectivity index (χ1n) is 10.5. The van der Waals surface area contributed by atoms with E-state index in [1.807, 2.05) is 25.1 Å². The molecule has 2 aromatic carbocycles. The zero-order valence-corrected chi connectivity index (χ0v) is 21.3. The summed E-state index contributed by atoms with van der Waals surface area (Å²) in [4.78, 5) is 4.89. The van der Waals surface area contributed by atoms with E-state index < -0.39 is 12.1 Å². The molecule has 3 aromatic rings. The molecule has 1 heterocycles. The second-order valence-corrected chi connectivity index (χ2v) is 9.67. The fourth-order valence-corrected chi connectivity index (χ4v) is 4.64. The maximum Gasteiger partial charge on any atom is 0.399 e. The molecule has 0 aliphatic heterocycles. The first-order chi connectivity index (χ1) is 16.0. The van der Waals surface area contributed by atoms with E-state index in [0.29, 0.717) is 10.7 Å². The smallest absolute Gasteiger partial charge is 0.244 e. The van der Waals surface area contributed by atoms with Gasteiger partial charge in [0.05, 0.1) is 5.92 Å². The molecule has 0 N–H and O–H groups in total. The Hall–Kier alpha value is -1.92. The van der Waals surface area contributed by atoms with Gasteiger partial charge in [0.15, 0.2) is 0 Å². The Morgan fingerprint density at radius 1 is 1.03 bits per heavy atom. The van der Waals surface area contributed by atoms with Gasteiger partial charge in [0, 0.05) is 21.1 Å². The van der Waals surface area contributed by atoms with Crippen LogP contribution >= 0.6 is 47.0 Å². The minimum absolute atomic E-state index is 0.00772. The second-order valence-electron chi connectivity index (χ2n) is 7.92. The minimum atomic E-state index is -4.49. The maximum atomic E-state index is 13.7. The summed E-state index contributed by atoms with van der Waals surface area (Å²) in [7, 11) is 0. The van der Waals surface area contributed by atoms with Crippen LogP contribution in [0.15, 0.2) is 60.8 Å². The quantitative estimate of drug-likeness (QED) is 0.160. The normalized spacial score (nSPS) is 12.8. The summed E-state index contributed by atoms with van der Waals surface area (Å²) >= 11 is 23.2. The molecule has 34 heavy (non-hydrogen) atoms. The lowest BCUT2D eigenvalue weighted by molar-refractivity contribution is -0.139. The van der Waals surface area contributed by atoms with Crippen molar-refractivity contribution >= 4 is 58.0 Å². The number of rotatable bonds is 8. The van der Waals surface area contributed by atoms with Crippen LogP contribution in [0.25, 0.3) is 6.08 Å². The highest BCUT2D eigenvalue weighted by atomic mass is 35.5. The van der Waals surface area contributed by atoms with Gasteiger partial charge in [-0.25, -0.2) is 4.98 Å². The summed E-state index contributed by atoms with van der Waals surface area (Å²) in [6, 6.07) is 13.1. The molecule has 0 aliphatic carbocycles. The zero-order chi connectivity index (χ0) is 24.9. The Kier molecular flexibility index (Phi) is 9.16. The summed E-state index contributed by atoms with van der Waals surface area (Å²) in [5.74, 6) is -1.83. The molecule has 1 aromatic heterocycles. The first-order valence-corrected chi connectivity index (χ1v) is 12.0. The molecule has 0 aliphatic rings. The number of aromatic nitrogens is 1.